The zero-order valence-corrected chi connectivity index (χ0v) is 12.4. The van der Waals surface area contributed by atoms with Crippen molar-refractivity contribution in [2.45, 2.75) is 32.9 Å². The molecule has 0 unspecified atom stereocenters. The topological polar surface area (TPSA) is 31.4 Å². The van der Waals surface area contributed by atoms with Crippen LogP contribution in [-0.2, 0) is 6.54 Å². The molecule has 1 aromatic rings. The summed E-state index contributed by atoms with van der Waals surface area (Å²) in [7, 11) is 2.09. The molecule has 0 aromatic carbocycles. The molecule has 1 N–H and O–H groups in total. The molecule has 1 aromatic heterocycles. The third-order valence-corrected chi connectivity index (χ3v) is 3.78. The van der Waals surface area contributed by atoms with Crippen molar-refractivity contribution in [1.29, 1.82) is 0 Å². The lowest BCUT2D eigenvalue weighted by Gasteiger charge is -2.23. The van der Waals surface area contributed by atoms with Crippen LogP contribution in [-0.4, -0.2) is 49.2 Å². The van der Waals surface area contributed by atoms with Crippen LogP contribution in [0.3, 0.4) is 0 Å². The zero-order chi connectivity index (χ0) is 13.7. The van der Waals surface area contributed by atoms with Crippen LogP contribution in [0.5, 0.6) is 0 Å². The van der Waals surface area contributed by atoms with Crippen molar-refractivity contribution in [3.8, 4) is 0 Å². The van der Waals surface area contributed by atoms with E-state index in [0.717, 1.165) is 32.0 Å². The molecule has 1 fully saturated rings. The Morgan fingerprint density at radius 3 is 2.84 bits per heavy atom. The molecule has 0 bridgehead atoms. The molecule has 0 radical (unpaired) electrons. The van der Waals surface area contributed by atoms with Crippen molar-refractivity contribution in [2.75, 3.05) is 38.1 Å². The molecular formula is C15H26N4. The highest BCUT2D eigenvalue weighted by Crippen LogP contribution is 2.13. The van der Waals surface area contributed by atoms with Gasteiger partial charge in [0.05, 0.1) is 0 Å². The van der Waals surface area contributed by atoms with Crippen LogP contribution in [0.2, 0.25) is 0 Å². The fourth-order valence-electron chi connectivity index (χ4n) is 2.30. The van der Waals surface area contributed by atoms with Crippen LogP contribution in [0.1, 0.15) is 25.8 Å². The summed E-state index contributed by atoms with van der Waals surface area (Å²) in [5.74, 6) is 1.05. The van der Waals surface area contributed by atoms with E-state index in [9.17, 15) is 0 Å². The highest BCUT2D eigenvalue weighted by atomic mass is 15.2. The number of rotatable bonds is 4. The van der Waals surface area contributed by atoms with Gasteiger partial charge in [-0.15, -0.1) is 0 Å². The second kappa shape index (κ2) is 6.87. The predicted octanol–water partition coefficient (Wildman–Crippen LogP) is 1.72. The molecule has 1 saturated heterocycles. The summed E-state index contributed by atoms with van der Waals surface area (Å²) in [5.41, 5.74) is 1.31. The third-order valence-electron chi connectivity index (χ3n) is 3.78. The Morgan fingerprint density at radius 2 is 2.16 bits per heavy atom. The molecule has 1 aliphatic rings. The van der Waals surface area contributed by atoms with E-state index in [1.165, 1.54) is 18.5 Å². The minimum Gasteiger partial charge on any atom is -0.357 e. The van der Waals surface area contributed by atoms with E-state index in [4.69, 9.17) is 0 Å². The molecule has 4 heteroatoms. The molecule has 0 amide bonds. The number of pyridine rings is 1. The van der Waals surface area contributed by atoms with Gasteiger partial charge in [0.1, 0.15) is 5.82 Å². The van der Waals surface area contributed by atoms with E-state index in [1.54, 1.807) is 0 Å². The third kappa shape index (κ3) is 4.18. The Bertz CT molecular complexity index is 366. The Hall–Kier alpha value is -1.13. The molecule has 106 valence electrons. The van der Waals surface area contributed by atoms with Gasteiger partial charge in [-0.2, -0.15) is 0 Å². The molecule has 2 rings (SSSR count). The van der Waals surface area contributed by atoms with Gasteiger partial charge in [-0.25, -0.2) is 4.98 Å². The minimum absolute atomic E-state index is 0.482. The van der Waals surface area contributed by atoms with Gasteiger partial charge in [-0.3, -0.25) is 4.90 Å². The summed E-state index contributed by atoms with van der Waals surface area (Å²) in [4.78, 5) is 9.27. The lowest BCUT2D eigenvalue weighted by atomic mass is 10.2. The first-order chi connectivity index (χ1) is 9.16. The van der Waals surface area contributed by atoms with Crippen molar-refractivity contribution >= 4 is 5.82 Å². The number of hydrogen-bond acceptors (Lipinski definition) is 4. The smallest absolute Gasteiger partial charge is 0.128 e. The summed E-state index contributed by atoms with van der Waals surface area (Å²) < 4.78 is 0. The summed E-state index contributed by atoms with van der Waals surface area (Å²) in [6, 6.07) is 4.82. The maximum atomic E-state index is 4.57. The molecule has 0 spiro atoms. The summed E-state index contributed by atoms with van der Waals surface area (Å²) >= 11 is 0. The second-order valence-electron chi connectivity index (χ2n) is 5.61. The van der Waals surface area contributed by atoms with Crippen LogP contribution < -0.4 is 10.2 Å². The number of anilines is 1. The number of nitrogens with one attached hydrogen (secondary N) is 1. The first kappa shape index (κ1) is 14.3. The standard InChI is InChI=1S/C15H26N4/c1-13(2)18(3)15-6-5-14(11-17-15)12-19-9-4-7-16-8-10-19/h5-6,11,13,16H,4,7-10,12H2,1-3H3. The average molecular weight is 262 g/mol. The van der Waals surface area contributed by atoms with Crippen molar-refractivity contribution in [1.82, 2.24) is 15.2 Å². The minimum atomic E-state index is 0.482. The monoisotopic (exact) mass is 262 g/mol. The fourth-order valence-corrected chi connectivity index (χ4v) is 2.30. The molecule has 0 atom stereocenters. The van der Waals surface area contributed by atoms with Crippen molar-refractivity contribution in [3.05, 3.63) is 23.9 Å². The molecular weight excluding hydrogens is 236 g/mol. The Morgan fingerprint density at radius 1 is 1.32 bits per heavy atom. The largest absolute Gasteiger partial charge is 0.357 e. The molecule has 0 aliphatic carbocycles. The normalized spacial score (nSPS) is 17.5. The first-order valence-corrected chi connectivity index (χ1v) is 7.27. The van der Waals surface area contributed by atoms with Gasteiger partial charge in [0.2, 0.25) is 0 Å². The van der Waals surface area contributed by atoms with Gasteiger partial charge in [-0.05, 0) is 45.0 Å². The van der Waals surface area contributed by atoms with E-state index in [0.29, 0.717) is 6.04 Å². The fraction of sp³-hybridized carbons (Fsp3) is 0.667. The second-order valence-corrected chi connectivity index (χ2v) is 5.61. The van der Waals surface area contributed by atoms with Crippen LogP contribution in [0.25, 0.3) is 0 Å². The van der Waals surface area contributed by atoms with Crippen LogP contribution in [0.4, 0.5) is 5.82 Å². The van der Waals surface area contributed by atoms with E-state index >= 15 is 0 Å². The number of hydrogen-bond donors (Lipinski definition) is 1. The Kier molecular flexibility index (Phi) is 5.16. The van der Waals surface area contributed by atoms with Crippen molar-refractivity contribution in [3.63, 3.8) is 0 Å². The lowest BCUT2D eigenvalue weighted by molar-refractivity contribution is 0.284. The van der Waals surface area contributed by atoms with Crippen molar-refractivity contribution < 1.29 is 0 Å². The van der Waals surface area contributed by atoms with Crippen LogP contribution in [0, 0.1) is 0 Å². The average Bonchev–Trinajstić information content (AvgIpc) is 2.67. The molecule has 0 saturated carbocycles. The quantitative estimate of drug-likeness (QED) is 0.895. The van der Waals surface area contributed by atoms with Crippen LogP contribution >= 0.6 is 0 Å². The SMILES string of the molecule is CC(C)N(C)c1ccc(CN2CCCNCC2)cn1. The van der Waals surface area contributed by atoms with E-state index in [1.807, 2.05) is 6.20 Å². The van der Waals surface area contributed by atoms with Crippen molar-refractivity contribution in [2.24, 2.45) is 0 Å². The molecule has 19 heavy (non-hydrogen) atoms. The van der Waals surface area contributed by atoms with Crippen LogP contribution in [0.15, 0.2) is 18.3 Å². The maximum Gasteiger partial charge on any atom is 0.128 e. The highest BCUT2D eigenvalue weighted by molar-refractivity contribution is 5.39. The summed E-state index contributed by atoms with van der Waals surface area (Å²) in [5, 5.41) is 3.44. The van der Waals surface area contributed by atoms with Gasteiger partial charge in [0.25, 0.3) is 0 Å². The Balaban J connectivity index is 1.94. The molecule has 1 aliphatic heterocycles. The van der Waals surface area contributed by atoms with Gasteiger partial charge >= 0.3 is 0 Å². The molecule has 2 heterocycles. The van der Waals surface area contributed by atoms with Gasteiger partial charge < -0.3 is 10.2 Å². The van der Waals surface area contributed by atoms with E-state index in [-0.39, 0.29) is 0 Å². The van der Waals surface area contributed by atoms with E-state index in [2.05, 4.69) is 53.1 Å². The number of aromatic nitrogens is 1. The molecule has 4 nitrogen and oxygen atoms in total. The first-order valence-electron chi connectivity index (χ1n) is 7.27. The van der Waals surface area contributed by atoms with Gasteiger partial charge in [0, 0.05) is 38.9 Å². The van der Waals surface area contributed by atoms with Gasteiger partial charge in [-0.1, -0.05) is 6.07 Å². The highest BCUT2D eigenvalue weighted by Gasteiger charge is 2.10. The predicted molar refractivity (Wildman–Crippen MR) is 80.5 cm³/mol. The lowest BCUT2D eigenvalue weighted by Crippen LogP contribution is -2.28. The summed E-state index contributed by atoms with van der Waals surface area (Å²) in [6.07, 6.45) is 3.26. The van der Waals surface area contributed by atoms with E-state index < -0.39 is 0 Å². The maximum absolute atomic E-state index is 4.57. The Labute approximate surface area is 116 Å². The number of nitrogens with zero attached hydrogens (tertiary/aromatic N) is 3. The summed E-state index contributed by atoms with van der Waals surface area (Å²) in [6.45, 7) is 9.93. The van der Waals surface area contributed by atoms with Gasteiger partial charge in [0.15, 0.2) is 0 Å². The zero-order valence-electron chi connectivity index (χ0n) is 12.4.